The van der Waals surface area contributed by atoms with Crippen molar-refractivity contribution >= 4 is 35.3 Å². The van der Waals surface area contributed by atoms with E-state index in [2.05, 4.69) is 15.8 Å². The first-order chi connectivity index (χ1) is 17.4. The van der Waals surface area contributed by atoms with Crippen LogP contribution < -0.4 is 29.7 Å². The molecule has 0 heterocycles. The van der Waals surface area contributed by atoms with Gasteiger partial charge in [0.1, 0.15) is 23.9 Å². The molecule has 0 aromatic heterocycles. The van der Waals surface area contributed by atoms with Crippen LogP contribution in [0, 0.1) is 5.82 Å². The van der Waals surface area contributed by atoms with Crippen molar-refractivity contribution in [1.29, 1.82) is 0 Å². The molecule has 0 saturated heterocycles. The molecule has 0 fully saturated rings. The lowest BCUT2D eigenvalue weighted by atomic mass is 10.2. The fraction of sp³-hybridized carbons (Fsp3) is 0.160. The predicted octanol–water partition coefficient (Wildman–Crippen LogP) is 4.17. The number of carbonyl (C=O) groups excluding carboxylic acids is 2. The van der Waals surface area contributed by atoms with Gasteiger partial charge in [0.15, 0.2) is 11.5 Å². The summed E-state index contributed by atoms with van der Waals surface area (Å²) in [7, 11) is 4.35. The Morgan fingerprint density at radius 1 is 0.944 bits per heavy atom. The fourth-order valence-corrected chi connectivity index (χ4v) is 3.23. The molecule has 11 heteroatoms. The number of methoxy groups -OCH3 is 3. The minimum atomic E-state index is -0.996. The second-order valence-corrected chi connectivity index (χ2v) is 7.53. The molecule has 0 aliphatic heterocycles. The standard InChI is InChI=1S/C25H23ClFN3O6/c1-33-16-8-10-21(34-2)20(12-16)29-24(31)25(32)30-28-13-15-7-9-22(23(11-15)35-3)36-14-17-18(26)5-4-6-19(17)27/h4-13H,14H2,1-3H3,(H,29,31)(H,30,32). The van der Waals surface area contributed by atoms with Gasteiger partial charge < -0.3 is 24.3 Å². The summed E-state index contributed by atoms with van der Waals surface area (Å²) >= 11 is 6.03. The van der Waals surface area contributed by atoms with Crippen LogP contribution in [0.15, 0.2) is 59.7 Å². The highest BCUT2D eigenvalue weighted by Crippen LogP contribution is 2.30. The van der Waals surface area contributed by atoms with E-state index in [0.29, 0.717) is 28.6 Å². The van der Waals surface area contributed by atoms with Crippen molar-refractivity contribution in [3.63, 3.8) is 0 Å². The van der Waals surface area contributed by atoms with Gasteiger partial charge in [0.25, 0.3) is 0 Å². The summed E-state index contributed by atoms with van der Waals surface area (Å²) in [6, 6.07) is 14.0. The number of amides is 2. The maximum Gasteiger partial charge on any atom is 0.329 e. The smallest absolute Gasteiger partial charge is 0.329 e. The number of anilines is 1. The molecule has 0 radical (unpaired) electrons. The van der Waals surface area contributed by atoms with E-state index < -0.39 is 17.6 Å². The number of rotatable bonds is 9. The lowest BCUT2D eigenvalue weighted by Crippen LogP contribution is -2.32. The van der Waals surface area contributed by atoms with E-state index in [1.54, 1.807) is 36.4 Å². The Labute approximate surface area is 211 Å². The van der Waals surface area contributed by atoms with Gasteiger partial charge >= 0.3 is 11.8 Å². The summed E-state index contributed by atoms with van der Waals surface area (Å²) in [6.45, 7) is -0.0987. The van der Waals surface area contributed by atoms with Gasteiger partial charge in [0.2, 0.25) is 0 Å². The highest BCUT2D eigenvalue weighted by atomic mass is 35.5. The van der Waals surface area contributed by atoms with Crippen LogP contribution in [-0.4, -0.2) is 39.4 Å². The van der Waals surface area contributed by atoms with Crippen molar-refractivity contribution in [1.82, 2.24) is 5.43 Å². The maximum absolute atomic E-state index is 14.0. The Bertz CT molecular complexity index is 1260. The first-order valence-corrected chi connectivity index (χ1v) is 10.8. The molecule has 36 heavy (non-hydrogen) atoms. The van der Waals surface area contributed by atoms with Gasteiger partial charge in [-0.25, -0.2) is 9.82 Å². The zero-order valence-corrected chi connectivity index (χ0v) is 20.4. The molecule has 0 saturated carbocycles. The van der Waals surface area contributed by atoms with Crippen LogP contribution in [0.2, 0.25) is 5.02 Å². The molecule has 0 aliphatic rings. The van der Waals surface area contributed by atoms with E-state index in [4.69, 9.17) is 30.5 Å². The van der Waals surface area contributed by atoms with Crippen LogP contribution >= 0.6 is 11.6 Å². The molecule has 3 aromatic rings. The normalized spacial score (nSPS) is 10.6. The molecule has 2 N–H and O–H groups in total. The van der Waals surface area contributed by atoms with Crippen LogP contribution in [0.5, 0.6) is 23.0 Å². The monoisotopic (exact) mass is 515 g/mol. The molecule has 0 unspecified atom stereocenters. The Hall–Kier alpha value is -4.31. The van der Waals surface area contributed by atoms with Gasteiger partial charge in [-0.05, 0) is 48.0 Å². The van der Waals surface area contributed by atoms with Crippen LogP contribution in [0.4, 0.5) is 10.1 Å². The molecule has 0 aliphatic carbocycles. The van der Waals surface area contributed by atoms with E-state index in [0.717, 1.165) is 0 Å². The summed E-state index contributed by atoms with van der Waals surface area (Å²) in [5.41, 5.74) is 3.17. The summed E-state index contributed by atoms with van der Waals surface area (Å²) < 4.78 is 35.2. The average Bonchev–Trinajstić information content (AvgIpc) is 2.88. The van der Waals surface area contributed by atoms with Crippen molar-refractivity contribution < 1.29 is 32.9 Å². The van der Waals surface area contributed by atoms with Crippen molar-refractivity contribution in [3.8, 4) is 23.0 Å². The van der Waals surface area contributed by atoms with Crippen LogP contribution in [0.1, 0.15) is 11.1 Å². The highest BCUT2D eigenvalue weighted by molar-refractivity contribution is 6.39. The molecule has 0 atom stereocenters. The topological polar surface area (TPSA) is 107 Å². The number of carbonyl (C=O) groups is 2. The van der Waals surface area contributed by atoms with Gasteiger partial charge in [-0.1, -0.05) is 17.7 Å². The second-order valence-electron chi connectivity index (χ2n) is 7.12. The molecule has 2 amide bonds. The Kier molecular flexibility index (Phi) is 9.07. The Balaban J connectivity index is 1.61. The van der Waals surface area contributed by atoms with Crippen molar-refractivity contribution in [2.45, 2.75) is 6.61 Å². The van der Waals surface area contributed by atoms with E-state index in [1.807, 2.05) is 0 Å². The van der Waals surface area contributed by atoms with E-state index in [-0.39, 0.29) is 22.9 Å². The molecule has 0 bridgehead atoms. The van der Waals surface area contributed by atoms with Gasteiger partial charge in [-0.15, -0.1) is 0 Å². The number of halogens is 2. The predicted molar refractivity (Wildman–Crippen MR) is 133 cm³/mol. The number of ether oxygens (including phenoxy) is 4. The number of hydrogen-bond donors (Lipinski definition) is 2. The Morgan fingerprint density at radius 2 is 1.69 bits per heavy atom. The number of nitrogens with zero attached hydrogens (tertiary/aromatic N) is 1. The lowest BCUT2D eigenvalue weighted by Gasteiger charge is -2.12. The summed E-state index contributed by atoms with van der Waals surface area (Å²) in [4.78, 5) is 24.4. The molecule has 3 aromatic carbocycles. The molecule has 0 spiro atoms. The minimum Gasteiger partial charge on any atom is -0.497 e. The molecular weight excluding hydrogens is 493 g/mol. The van der Waals surface area contributed by atoms with Crippen LogP contribution in [-0.2, 0) is 16.2 Å². The fourth-order valence-electron chi connectivity index (χ4n) is 3.01. The van der Waals surface area contributed by atoms with Crippen molar-refractivity contribution in [2.24, 2.45) is 5.10 Å². The largest absolute Gasteiger partial charge is 0.497 e. The third-order valence-electron chi connectivity index (χ3n) is 4.86. The SMILES string of the molecule is COc1ccc(OC)c(NC(=O)C(=O)NN=Cc2ccc(OCc3c(F)cccc3Cl)c(OC)c2)c1. The number of hydrazone groups is 1. The lowest BCUT2D eigenvalue weighted by molar-refractivity contribution is -0.136. The third-order valence-corrected chi connectivity index (χ3v) is 5.22. The quantitative estimate of drug-likeness (QED) is 0.251. The summed E-state index contributed by atoms with van der Waals surface area (Å²) in [5, 5.41) is 6.49. The van der Waals surface area contributed by atoms with Crippen LogP contribution in [0.3, 0.4) is 0 Å². The summed E-state index contributed by atoms with van der Waals surface area (Å²) in [6.07, 6.45) is 1.32. The van der Waals surface area contributed by atoms with Crippen molar-refractivity contribution in [2.75, 3.05) is 26.6 Å². The molecule has 3 rings (SSSR count). The second kappa shape index (κ2) is 12.4. The number of hydrogen-bond acceptors (Lipinski definition) is 7. The highest BCUT2D eigenvalue weighted by Gasteiger charge is 2.16. The molecular formula is C25H23ClFN3O6. The number of benzene rings is 3. The molecule has 188 valence electrons. The zero-order chi connectivity index (χ0) is 26.1. The first-order valence-electron chi connectivity index (χ1n) is 10.5. The third kappa shape index (κ3) is 6.63. The number of nitrogens with one attached hydrogen (secondary N) is 2. The van der Waals surface area contributed by atoms with Crippen LogP contribution in [0.25, 0.3) is 0 Å². The van der Waals surface area contributed by atoms with E-state index >= 15 is 0 Å². The van der Waals surface area contributed by atoms with E-state index in [9.17, 15) is 14.0 Å². The van der Waals surface area contributed by atoms with Gasteiger partial charge in [0.05, 0.1) is 38.3 Å². The van der Waals surface area contributed by atoms with E-state index in [1.165, 1.54) is 45.7 Å². The molecule has 9 nitrogen and oxygen atoms in total. The van der Waals surface area contributed by atoms with Gasteiger partial charge in [-0.2, -0.15) is 5.10 Å². The zero-order valence-electron chi connectivity index (χ0n) is 19.6. The van der Waals surface area contributed by atoms with Crippen molar-refractivity contribution in [3.05, 3.63) is 76.6 Å². The Morgan fingerprint density at radius 3 is 2.39 bits per heavy atom. The summed E-state index contributed by atoms with van der Waals surface area (Å²) in [5.74, 6) is -0.897. The van der Waals surface area contributed by atoms with Gasteiger partial charge in [0, 0.05) is 11.6 Å². The average molecular weight is 516 g/mol. The first kappa shape index (κ1) is 26.3. The minimum absolute atomic E-state index is 0.0987. The maximum atomic E-state index is 14.0. The van der Waals surface area contributed by atoms with Gasteiger partial charge in [-0.3, -0.25) is 9.59 Å².